The summed E-state index contributed by atoms with van der Waals surface area (Å²) >= 11 is 9.70. The number of carbonyl (C=O) groups is 1. The number of rotatable bonds is 6. The van der Waals surface area contributed by atoms with Crippen molar-refractivity contribution in [2.24, 2.45) is 0 Å². The van der Waals surface area contributed by atoms with Crippen LogP contribution in [0.15, 0.2) is 70.0 Å². The van der Waals surface area contributed by atoms with Crippen molar-refractivity contribution in [2.75, 3.05) is 12.0 Å². The van der Waals surface area contributed by atoms with Gasteiger partial charge in [0.1, 0.15) is 12.4 Å². The number of halogens is 5. The Balaban J connectivity index is 1.59. The van der Waals surface area contributed by atoms with Crippen LogP contribution in [0.4, 0.5) is 23.2 Å². The standard InChI is InChI=1S/C25H16BrF4NO3S2/c1-33-20-10-15(9-19(26)22(20)34-13-14-4-2-6-17(27)8-14)11-21-23(32)31(24(35)36-21)18-7-3-5-16(12-18)25(28,29)30/h2-12H,13H2,1H3/b21-11-. The molecule has 4 nitrogen and oxygen atoms in total. The number of thiocarbonyl (C=S) groups is 1. The second-order valence-corrected chi connectivity index (χ2v) is 10.0. The highest BCUT2D eigenvalue weighted by atomic mass is 79.9. The van der Waals surface area contributed by atoms with Gasteiger partial charge >= 0.3 is 6.18 Å². The lowest BCUT2D eigenvalue weighted by atomic mass is 10.1. The van der Waals surface area contributed by atoms with Gasteiger partial charge in [-0.05, 0) is 75.6 Å². The summed E-state index contributed by atoms with van der Waals surface area (Å²) in [4.78, 5) is 14.4. The maximum atomic E-state index is 13.4. The summed E-state index contributed by atoms with van der Waals surface area (Å²) in [5.41, 5.74) is 0.365. The molecular weight excluding hydrogens is 582 g/mol. The lowest BCUT2D eigenvalue weighted by Gasteiger charge is -2.16. The first-order valence-electron chi connectivity index (χ1n) is 10.3. The van der Waals surface area contributed by atoms with Crippen LogP contribution in [-0.4, -0.2) is 17.3 Å². The number of amides is 1. The third-order valence-electron chi connectivity index (χ3n) is 5.05. The molecule has 0 aliphatic carbocycles. The van der Waals surface area contributed by atoms with Crippen LogP contribution in [0.1, 0.15) is 16.7 Å². The van der Waals surface area contributed by atoms with E-state index >= 15 is 0 Å². The number of methoxy groups -OCH3 is 1. The van der Waals surface area contributed by atoms with Crippen LogP contribution in [0.5, 0.6) is 11.5 Å². The zero-order chi connectivity index (χ0) is 26.0. The molecule has 0 saturated carbocycles. The quantitative estimate of drug-likeness (QED) is 0.166. The molecule has 0 N–H and O–H groups in total. The summed E-state index contributed by atoms with van der Waals surface area (Å²) in [6.45, 7) is 0.0989. The van der Waals surface area contributed by atoms with Crippen LogP contribution in [-0.2, 0) is 17.6 Å². The molecule has 0 radical (unpaired) electrons. The molecule has 1 heterocycles. The van der Waals surface area contributed by atoms with Gasteiger partial charge < -0.3 is 9.47 Å². The molecule has 0 atom stereocenters. The highest BCUT2D eigenvalue weighted by molar-refractivity contribution is 9.10. The maximum Gasteiger partial charge on any atom is 0.416 e. The fraction of sp³-hybridized carbons (Fsp3) is 0.120. The van der Waals surface area contributed by atoms with Gasteiger partial charge in [0.05, 0.1) is 27.7 Å². The number of anilines is 1. The fourth-order valence-electron chi connectivity index (χ4n) is 3.41. The van der Waals surface area contributed by atoms with Crippen molar-refractivity contribution in [1.82, 2.24) is 0 Å². The molecular formula is C25H16BrF4NO3S2. The fourth-order valence-corrected chi connectivity index (χ4v) is 5.28. The van der Waals surface area contributed by atoms with Gasteiger partial charge in [-0.2, -0.15) is 13.2 Å². The van der Waals surface area contributed by atoms with E-state index in [4.69, 9.17) is 21.7 Å². The first kappa shape index (κ1) is 26.2. The van der Waals surface area contributed by atoms with Gasteiger partial charge in [0.15, 0.2) is 15.8 Å². The maximum absolute atomic E-state index is 13.4. The Labute approximate surface area is 222 Å². The number of hydrogen-bond acceptors (Lipinski definition) is 5. The van der Waals surface area contributed by atoms with E-state index in [0.29, 0.717) is 27.1 Å². The molecule has 1 fully saturated rings. The van der Waals surface area contributed by atoms with E-state index in [9.17, 15) is 22.4 Å². The van der Waals surface area contributed by atoms with E-state index in [1.54, 1.807) is 30.3 Å². The first-order valence-corrected chi connectivity index (χ1v) is 12.3. The third-order valence-corrected chi connectivity index (χ3v) is 6.94. The monoisotopic (exact) mass is 597 g/mol. The lowest BCUT2D eigenvalue weighted by Crippen LogP contribution is -2.27. The predicted octanol–water partition coefficient (Wildman–Crippen LogP) is 7.60. The van der Waals surface area contributed by atoms with Crippen LogP contribution >= 0.6 is 39.9 Å². The minimum Gasteiger partial charge on any atom is -0.493 e. The number of nitrogens with zero attached hydrogens (tertiary/aromatic N) is 1. The van der Waals surface area contributed by atoms with E-state index < -0.39 is 17.6 Å². The molecule has 1 aliphatic rings. The SMILES string of the molecule is COc1cc(/C=C2\SC(=S)N(c3cccc(C(F)(F)F)c3)C2=O)cc(Br)c1OCc1cccc(F)c1. The van der Waals surface area contributed by atoms with Gasteiger partial charge in [-0.25, -0.2) is 4.39 Å². The van der Waals surface area contributed by atoms with Crippen molar-refractivity contribution >= 4 is 61.9 Å². The van der Waals surface area contributed by atoms with E-state index in [1.165, 1.54) is 31.4 Å². The second kappa shape index (κ2) is 10.6. The Bertz CT molecular complexity index is 1380. The minimum absolute atomic E-state index is 0.0376. The Morgan fingerprint density at radius 3 is 2.56 bits per heavy atom. The number of benzene rings is 3. The van der Waals surface area contributed by atoms with Gasteiger partial charge in [-0.1, -0.05) is 42.2 Å². The Kier molecular flexibility index (Phi) is 7.72. The Morgan fingerprint density at radius 2 is 1.86 bits per heavy atom. The van der Waals surface area contributed by atoms with E-state index in [-0.39, 0.29) is 27.3 Å². The zero-order valence-electron chi connectivity index (χ0n) is 18.4. The van der Waals surface area contributed by atoms with Gasteiger partial charge in [0.25, 0.3) is 5.91 Å². The van der Waals surface area contributed by atoms with Gasteiger partial charge in [-0.3, -0.25) is 9.69 Å². The highest BCUT2D eigenvalue weighted by Gasteiger charge is 2.36. The number of hydrogen-bond donors (Lipinski definition) is 0. The molecule has 4 rings (SSSR count). The van der Waals surface area contributed by atoms with E-state index in [1.807, 2.05) is 0 Å². The number of carbonyl (C=O) groups excluding carboxylic acids is 1. The van der Waals surface area contributed by atoms with Crippen LogP contribution in [0, 0.1) is 5.82 Å². The summed E-state index contributed by atoms with van der Waals surface area (Å²) in [6.07, 6.45) is -2.98. The van der Waals surface area contributed by atoms with Gasteiger partial charge in [-0.15, -0.1) is 0 Å². The summed E-state index contributed by atoms with van der Waals surface area (Å²) < 4.78 is 64.7. The molecule has 0 unspecified atom stereocenters. The summed E-state index contributed by atoms with van der Waals surface area (Å²) in [7, 11) is 1.45. The van der Waals surface area contributed by atoms with Crippen molar-refractivity contribution in [3.63, 3.8) is 0 Å². The summed E-state index contributed by atoms with van der Waals surface area (Å²) in [5, 5.41) is 0. The molecule has 0 bridgehead atoms. The van der Waals surface area contributed by atoms with Crippen LogP contribution in [0.3, 0.4) is 0 Å². The molecule has 3 aromatic rings. The molecule has 0 spiro atoms. The molecule has 0 aromatic heterocycles. The lowest BCUT2D eigenvalue weighted by molar-refractivity contribution is -0.137. The predicted molar refractivity (Wildman–Crippen MR) is 139 cm³/mol. The average molecular weight is 598 g/mol. The third kappa shape index (κ3) is 5.74. The van der Waals surface area contributed by atoms with Crippen LogP contribution in [0.2, 0.25) is 0 Å². The largest absolute Gasteiger partial charge is 0.493 e. The normalized spacial score (nSPS) is 15.1. The molecule has 1 amide bonds. The van der Waals surface area contributed by atoms with Crippen molar-refractivity contribution < 1.29 is 31.8 Å². The Morgan fingerprint density at radius 1 is 1.11 bits per heavy atom. The molecule has 1 saturated heterocycles. The topological polar surface area (TPSA) is 38.8 Å². The number of ether oxygens (including phenoxy) is 2. The first-order chi connectivity index (χ1) is 17.1. The highest BCUT2D eigenvalue weighted by Crippen LogP contribution is 2.41. The van der Waals surface area contributed by atoms with Crippen molar-refractivity contribution in [2.45, 2.75) is 12.8 Å². The number of thioether (sulfide) groups is 1. The van der Waals surface area contributed by atoms with Crippen LogP contribution in [0.25, 0.3) is 6.08 Å². The second-order valence-electron chi connectivity index (χ2n) is 7.52. The Hall–Kier alpha value is -2.89. The summed E-state index contributed by atoms with van der Waals surface area (Å²) in [5.74, 6) is -0.165. The van der Waals surface area contributed by atoms with E-state index in [2.05, 4.69) is 15.9 Å². The van der Waals surface area contributed by atoms with Crippen molar-refractivity contribution in [1.29, 1.82) is 0 Å². The minimum atomic E-state index is -4.55. The van der Waals surface area contributed by atoms with Crippen molar-refractivity contribution in [3.05, 3.63) is 92.5 Å². The molecule has 11 heteroatoms. The summed E-state index contributed by atoms with van der Waals surface area (Å²) in [6, 6.07) is 13.8. The van der Waals surface area contributed by atoms with Crippen molar-refractivity contribution in [3.8, 4) is 11.5 Å². The molecule has 1 aliphatic heterocycles. The average Bonchev–Trinajstić information content (AvgIpc) is 3.10. The van der Waals surface area contributed by atoms with Gasteiger partial charge in [0.2, 0.25) is 0 Å². The smallest absolute Gasteiger partial charge is 0.416 e. The molecule has 3 aromatic carbocycles. The molecule has 36 heavy (non-hydrogen) atoms. The van der Waals surface area contributed by atoms with Crippen LogP contribution < -0.4 is 14.4 Å². The van der Waals surface area contributed by atoms with E-state index in [0.717, 1.165) is 28.8 Å². The number of alkyl halides is 3. The van der Waals surface area contributed by atoms with Gasteiger partial charge in [0, 0.05) is 0 Å². The molecule has 186 valence electrons. The zero-order valence-corrected chi connectivity index (χ0v) is 21.7.